The summed E-state index contributed by atoms with van der Waals surface area (Å²) in [5.74, 6) is -0.526. The Labute approximate surface area is 218 Å². The number of ether oxygens (including phenoxy) is 4. The number of sulfonamides is 1. The highest BCUT2D eigenvalue weighted by Gasteiger charge is 2.24. The fraction of sp³-hybridized carbons (Fsp3) is 0.409. The van der Waals surface area contributed by atoms with Crippen molar-refractivity contribution in [2.45, 2.75) is 51.0 Å². The van der Waals surface area contributed by atoms with E-state index in [0.29, 0.717) is 5.76 Å². The molecular formula is C22H28ClN3O10S. The van der Waals surface area contributed by atoms with Gasteiger partial charge >= 0.3 is 18.2 Å². The van der Waals surface area contributed by atoms with Crippen LogP contribution in [-0.4, -0.2) is 51.7 Å². The second-order valence-corrected chi connectivity index (χ2v) is 10.4. The predicted octanol–water partition coefficient (Wildman–Crippen LogP) is 3.37. The Balaban J connectivity index is 1.99. The number of primary sulfonamides is 1. The van der Waals surface area contributed by atoms with E-state index in [2.05, 4.69) is 10.6 Å². The number of carbonyl (C=O) groups is 3. The third-order valence-electron chi connectivity index (χ3n) is 4.16. The summed E-state index contributed by atoms with van der Waals surface area (Å²) in [4.78, 5) is 35.7. The van der Waals surface area contributed by atoms with Gasteiger partial charge in [0.05, 0.1) is 35.6 Å². The first kappa shape index (κ1) is 29.7. The minimum absolute atomic E-state index is 0.0516. The normalized spacial score (nSPS) is 12.3. The summed E-state index contributed by atoms with van der Waals surface area (Å²) in [6.07, 6.45) is -1.84. The van der Waals surface area contributed by atoms with Crippen LogP contribution in [0.4, 0.5) is 15.3 Å². The van der Waals surface area contributed by atoms with E-state index >= 15 is 0 Å². The zero-order valence-corrected chi connectivity index (χ0v) is 22.1. The molecule has 0 aliphatic rings. The van der Waals surface area contributed by atoms with Crippen LogP contribution in [0.3, 0.4) is 0 Å². The zero-order chi connectivity index (χ0) is 27.8. The van der Waals surface area contributed by atoms with Crippen molar-refractivity contribution in [3.05, 3.63) is 46.9 Å². The molecule has 0 aliphatic carbocycles. The number of hydrogen-bond donors (Lipinski definition) is 3. The molecule has 0 aliphatic heterocycles. The topological polar surface area (TPSA) is 185 Å². The first-order chi connectivity index (χ1) is 17.2. The van der Waals surface area contributed by atoms with Gasteiger partial charge in [-0.05, 0) is 45.0 Å². The van der Waals surface area contributed by atoms with Crippen LogP contribution in [0.5, 0.6) is 0 Å². The summed E-state index contributed by atoms with van der Waals surface area (Å²) < 4.78 is 48.8. The summed E-state index contributed by atoms with van der Waals surface area (Å²) >= 11 is 6.04. The first-order valence-corrected chi connectivity index (χ1v) is 12.7. The predicted molar refractivity (Wildman–Crippen MR) is 130 cm³/mol. The second-order valence-electron chi connectivity index (χ2n) is 8.42. The molecule has 0 radical (unpaired) electrons. The fourth-order valence-electron chi connectivity index (χ4n) is 2.69. The molecule has 0 saturated carbocycles. The Morgan fingerprint density at radius 1 is 1.19 bits per heavy atom. The van der Waals surface area contributed by atoms with Crippen LogP contribution in [-0.2, 0) is 35.5 Å². The molecule has 0 fully saturated rings. The van der Waals surface area contributed by atoms with Crippen molar-refractivity contribution in [3.8, 4) is 0 Å². The van der Waals surface area contributed by atoms with Crippen molar-refractivity contribution < 1.29 is 46.2 Å². The Morgan fingerprint density at radius 2 is 1.89 bits per heavy atom. The van der Waals surface area contributed by atoms with Crippen molar-refractivity contribution in [1.82, 2.24) is 5.32 Å². The quantitative estimate of drug-likeness (QED) is 0.167. The first-order valence-electron chi connectivity index (χ1n) is 10.8. The van der Waals surface area contributed by atoms with Gasteiger partial charge in [0.15, 0.2) is 0 Å². The number of anilines is 1. The molecule has 1 aromatic heterocycles. The van der Waals surface area contributed by atoms with Gasteiger partial charge in [0.2, 0.25) is 16.3 Å². The molecule has 1 unspecified atom stereocenters. The van der Waals surface area contributed by atoms with E-state index in [1.807, 2.05) is 0 Å². The Kier molecular flexibility index (Phi) is 10.2. The van der Waals surface area contributed by atoms with Gasteiger partial charge < -0.3 is 34.0 Å². The van der Waals surface area contributed by atoms with E-state index < -0.39 is 45.0 Å². The number of nitrogens with two attached hydrogens (primary N) is 1. The number of halogens is 1. The molecule has 2 aromatic rings. The summed E-state index contributed by atoms with van der Waals surface area (Å²) in [5.41, 5.74) is -0.816. The third-order valence-corrected chi connectivity index (χ3v) is 5.53. The van der Waals surface area contributed by atoms with Crippen LogP contribution < -0.4 is 15.8 Å². The fourth-order valence-corrected chi connectivity index (χ4v) is 3.79. The van der Waals surface area contributed by atoms with Gasteiger partial charge in [-0.1, -0.05) is 11.6 Å². The Morgan fingerprint density at radius 3 is 2.49 bits per heavy atom. The van der Waals surface area contributed by atoms with Gasteiger partial charge in [-0.2, -0.15) is 0 Å². The third kappa shape index (κ3) is 10.2. The molecule has 1 heterocycles. The van der Waals surface area contributed by atoms with Gasteiger partial charge in [0.1, 0.15) is 22.9 Å². The highest BCUT2D eigenvalue weighted by atomic mass is 35.5. The lowest BCUT2D eigenvalue weighted by Crippen LogP contribution is -2.34. The molecule has 204 valence electrons. The van der Waals surface area contributed by atoms with E-state index in [1.54, 1.807) is 32.9 Å². The molecule has 15 heteroatoms. The standard InChI is InChI=1S/C22H28ClN3O10S/c1-13(35-21(29)33-9-7-25-20(28)36-22(2,3)4)34-19(27)15-10-18(37(24,30)31)16(23)11-17(15)26-12-14-6-5-8-32-14/h5-6,8,10-11,13,26H,7,9,12H2,1-4H3,(H,25,28)(H2,24,30,31). The highest BCUT2D eigenvalue weighted by molar-refractivity contribution is 7.89. The number of nitrogens with one attached hydrogen (secondary N) is 2. The van der Waals surface area contributed by atoms with Crippen molar-refractivity contribution in [1.29, 1.82) is 0 Å². The van der Waals surface area contributed by atoms with E-state index in [0.717, 1.165) is 6.07 Å². The number of alkyl carbamates (subject to hydrolysis) is 1. The van der Waals surface area contributed by atoms with Crippen LogP contribution in [0.1, 0.15) is 43.8 Å². The number of amides is 1. The van der Waals surface area contributed by atoms with Gasteiger partial charge in [0.25, 0.3) is 0 Å². The maximum atomic E-state index is 12.8. The molecule has 0 saturated heterocycles. The molecule has 0 spiro atoms. The summed E-state index contributed by atoms with van der Waals surface area (Å²) in [6, 6.07) is 5.47. The average molecular weight is 562 g/mol. The van der Waals surface area contributed by atoms with Gasteiger partial charge in [-0.3, -0.25) is 0 Å². The van der Waals surface area contributed by atoms with Crippen LogP contribution in [0.2, 0.25) is 5.02 Å². The van der Waals surface area contributed by atoms with E-state index in [1.165, 1.54) is 19.3 Å². The number of carbonyl (C=O) groups excluding carboxylic acids is 3. The number of hydrogen-bond acceptors (Lipinski definition) is 11. The molecule has 4 N–H and O–H groups in total. The number of benzene rings is 1. The lowest BCUT2D eigenvalue weighted by atomic mass is 10.1. The summed E-state index contributed by atoms with van der Waals surface area (Å²) in [5, 5.41) is 10.2. The van der Waals surface area contributed by atoms with Crippen LogP contribution >= 0.6 is 11.6 Å². The number of rotatable bonds is 10. The molecule has 13 nitrogen and oxygen atoms in total. The van der Waals surface area contributed by atoms with E-state index in [-0.39, 0.29) is 36.0 Å². The zero-order valence-electron chi connectivity index (χ0n) is 20.5. The smallest absolute Gasteiger partial charge is 0.467 e. The summed E-state index contributed by atoms with van der Waals surface area (Å²) in [6.45, 7) is 6.17. The van der Waals surface area contributed by atoms with E-state index in [9.17, 15) is 22.8 Å². The van der Waals surface area contributed by atoms with Crippen molar-refractivity contribution in [2.75, 3.05) is 18.5 Å². The SMILES string of the molecule is CC(OC(=O)OCCNC(=O)OC(C)(C)C)OC(=O)c1cc(S(N)(=O)=O)c(Cl)cc1NCc1ccco1. The molecule has 1 aromatic carbocycles. The minimum atomic E-state index is -4.27. The molecule has 37 heavy (non-hydrogen) atoms. The molecule has 1 atom stereocenters. The van der Waals surface area contributed by atoms with Crippen molar-refractivity contribution >= 4 is 45.5 Å². The number of furan rings is 1. The van der Waals surface area contributed by atoms with Crippen molar-refractivity contribution in [2.24, 2.45) is 5.14 Å². The van der Waals surface area contributed by atoms with Crippen LogP contribution in [0.15, 0.2) is 39.8 Å². The van der Waals surface area contributed by atoms with Crippen LogP contribution in [0, 0.1) is 0 Å². The lowest BCUT2D eigenvalue weighted by Gasteiger charge is -2.19. The molecule has 2 rings (SSSR count). The molecule has 0 bridgehead atoms. The minimum Gasteiger partial charge on any atom is -0.467 e. The largest absolute Gasteiger partial charge is 0.511 e. The van der Waals surface area contributed by atoms with E-state index in [4.69, 9.17) is 40.1 Å². The summed E-state index contributed by atoms with van der Waals surface area (Å²) in [7, 11) is -4.27. The van der Waals surface area contributed by atoms with Gasteiger partial charge in [0, 0.05) is 6.92 Å². The van der Waals surface area contributed by atoms with Crippen molar-refractivity contribution in [3.63, 3.8) is 0 Å². The average Bonchev–Trinajstić information content (AvgIpc) is 3.26. The maximum Gasteiger partial charge on any atom is 0.511 e. The number of esters is 1. The lowest BCUT2D eigenvalue weighted by molar-refractivity contribution is -0.0817. The van der Waals surface area contributed by atoms with Crippen LogP contribution in [0.25, 0.3) is 0 Å². The highest BCUT2D eigenvalue weighted by Crippen LogP contribution is 2.29. The molecular weight excluding hydrogens is 534 g/mol. The van der Waals surface area contributed by atoms with Gasteiger partial charge in [-0.15, -0.1) is 0 Å². The maximum absolute atomic E-state index is 12.8. The molecule has 1 amide bonds. The van der Waals surface area contributed by atoms with Gasteiger partial charge in [-0.25, -0.2) is 27.9 Å². The Bertz CT molecular complexity index is 1210. The second kappa shape index (κ2) is 12.7. The monoisotopic (exact) mass is 561 g/mol. The Hall–Kier alpha value is -3.49.